The molecule has 1 fully saturated rings. The molecule has 1 N–H and O–H groups in total. The normalized spacial score (nSPS) is 16.7. The Morgan fingerprint density at radius 2 is 2.38 bits per heavy atom. The summed E-state index contributed by atoms with van der Waals surface area (Å²) in [5.41, 5.74) is 1.27. The average Bonchev–Trinajstić information content (AvgIpc) is 2.12. The van der Waals surface area contributed by atoms with Gasteiger partial charge in [0.1, 0.15) is 5.75 Å². The predicted molar refractivity (Wildman–Crippen MR) is 50.9 cm³/mol. The molecule has 0 atom stereocenters. The van der Waals surface area contributed by atoms with Crippen LogP contribution < -0.4 is 10.1 Å². The van der Waals surface area contributed by atoms with Crippen LogP contribution in [0.15, 0.2) is 18.5 Å². The molecular weight excluding hydrogens is 164 g/mol. The summed E-state index contributed by atoms with van der Waals surface area (Å²) in [4.78, 5) is 4.12. The number of ether oxygens (including phenoxy) is 1. The van der Waals surface area contributed by atoms with Crippen LogP contribution in [0.4, 0.5) is 0 Å². The van der Waals surface area contributed by atoms with Crippen molar-refractivity contribution in [2.75, 3.05) is 20.2 Å². The van der Waals surface area contributed by atoms with E-state index < -0.39 is 0 Å². The van der Waals surface area contributed by atoms with Crippen LogP contribution in [-0.4, -0.2) is 25.2 Å². The zero-order valence-corrected chi connectivity index (χ0v) is 7.79. The van der Waals surface area contributed by atoms with Crippen LogP contribution in [0.2, 0.25) is 0 Å². The lowest BCUT2D eigenvalue weighted by Gasteiger charge is -2.26. The van der Waals surface area contributed by atoms with Crippen LogP contribution in [0.25, 0.3) is 0 Å². The minimum Gasteiger partial charge on any atom is -0.495 e. The quantitative estimate of drug-likeness (QED) is 0.745. The first-order valence-corrected chi connectivity index (χ1v) is 4.57. The summed E-state index contributed by atoms with van der Waals surface area (Å²) < 4.78 is 5.11. The number of methoxy groups -OCH3 is 1. The Bertz CT molecular complexity index is 284. The highest BCUT2D eigenvalue weighted by Crippen LogP contribution is 2.15. The molecule has 0 bridgehead atoms. The van der Waals surface area contributed by atoms with E-state index in [1.807, 2.05) is 6.20 Å². The summed E-state index contributed by atoms with van der Waals surface area (Å²) in [6, 6.07) is 2.06. The van der Waals surface area contributed by atoms with Gasteiger partial charge in [-0.3, -0.25) is 4.98 Å². The van der Waals surface area contributed by atoms with Gasteiger partial charge in [-0.25, -0.2) is 0 Å². The van der Waals surface area contributed by atoms with Gasteiger partial charge in [0, 0.05) is 6.20 Å². The molecule has 70 valence electrons. The molecule has 1 aromatic rings. The van der Waals surface area contributed by atoms with Crippen LogP contribution in [0, 0.1) is 5.92 Å². The topological polar surface area (TPSA) is 34.1 Å². The summed E-state index contributed by atoms with van der Waals surface area (Å²) in [7, 11) is 1.67. The Labute approximate surface area is 78.1 Å². The number of pyridine rings is 1. The molecule has 0 amide bonds. The van der Waals surface area contributed by atoms with Gasteiger partial charge in [-0.15, -0.1) is 0 Å². The number of hydrogen-bond acceptors (Lipinski definition) is 3. The molecule has 0 saturated carbocycles. The zero-order valence-electron chi connectivity index (χ0n) is 7.79. The van der Waals surface area contributed by atoms with Gasteiger partial charge in [-0.05, 0) is 37.1 Å². The van der Waals surface area contributed by atoms with E-state index in [4.69, 9.17) is 4.74 Å². The summed E-state index contributed by atoms with van der Waals surface area (Å²) in [6.45, 7) is 2.27. The van der Waals surface area contributed by atoms with E-state index in [0.717, 1.165) is 31.2 Å². The Hall–Kier alpha value is -1.09. The Kier molecular flexibility index (Phi) is 2.45. The van der Waals surface area contributed by atoms with E-state index in [9.17, 15) is 0 Å². The maximum Gasteiger partial charge on any atom is 0.137 e. The largest absolute Gasteiger partial charge is 0.495 e. The van der Waals surface area contributed by atoms with Crippen molar-refractivity contribution in [3.63, 3.8) is 0 Å². The standard InChI is InChI=1S/C10H14N2O/c1-13-10-3-8(4-12-7-10)2-9-5-11-6-9/h3-4,7,9,11H,2,5-6H2,1H3. The molecule has 0 unspecified atom stereocenters. The average molecular weight is 178 g/mol. The molecule has 0 aliphatic carbocycles. The van der Waals surface area contributed by atoms with E-state index in [0.29, 0.717) is 0 Å². The Balaban J connectivity index is 2.01. The monoisotopic (exact) mass is 178 g/mol. The van der Waals surface area contributed by atoms with Crippen LogP contribution in [-0.2, 0) is 6.42 Å². The lowest BCUT2D eigenvalue weighted by molar-refractivity contribution is 0.345. The van der Waals surface area contributed by atoms with Gasteiger partial charge in [0.2, 0.25) is 0 Å². The molecule has 0 radical (unpaired) electrons. The van der Waals surface area contributed by atoms with E-state index in [1.54, 1.807) is 13.3 Å². The summed E-state index contributed by atoms with van der Waals surface area (Å²) >= 11 is 0. The highest BCUT2D eigenvalue weighted by atomic mass is 16.5. The van der Waals surface area contributed by atoms with E-state index in [1.165, 1.54) is 5.56 Å². The second-order valence-electron chi connectivity index (χ2n) is 3.46. The van der Waals surface area contributed by atoms with Crippen molar-refractivity contribution < 1.29 is 4.74 Å². The molecule has 3 heteroatoms. The molecule has 2 rings (SSSR count). The second-order valence-corrected chi connectivity index (χ2v) is 3.46. The smallest absolute Gasteiger partial charge is 0.137 e. The summed E-state index contributed by atoms with van der Waals surface area (Å²) in [6.07, 6.45) is 4.76. The van der Waals surface area contributed by atoms with Crippen LogP contribution in [0.1, 0.15) is 5.56 Å². The van der Waals surface area contributed by atoms with Crippen molar-refractivity contribution in [3.8, 4) is 5.75 Å². The maximum atomic E-state index is 5.11. The van der Waals surface area contributed by atoms with Gasteiger partial charge < -0.3 is 10.1 Å². The third kappa shape index (κ3) is 1.98. The van der Waals surface area contributed by atoms with Gasteiger partial charge in [0.15, 0.2) is 0 Å². The van der Waals surface area contributed by atoms with E-state index >= 15 is 0 Å². The third-order valence-electron chi connectivity index (χ3n) is 2.40. The molecule has 0 aromatic carbocycles. The minimum atomic E-state index is 0.786. The maximum absolute atomic E-state index is 5.11. The fourth-order valence-corrected chi connectivity index (χ4v) is 1.51. The van der Waals surface area contributed by atoms with Crippen LogP contribution in [0.5, 0.6) is 5.75 Å². The van der Waals surface area contributed by atoms with Gasteiger partial charge in [-0.2, -0.15) is 0 Å². The molecule has 0 spiro atoms. The molecule has 1 aliphatic rings. The molecule has 2 heterocycles. The summed E-state index contributed by atoms with van der Waals surface area (Å²) in [5, 5.41) is 3.26. The third-order valence-corrected chi connectivity index (χ3v) is 2.40. The highest BCUT2D eigenvalue weighted by molar-refractivity contribution is 5.24. The molecule has 3 nitrogen and oxygen atoms in total. The van der Waals surface area contributed by atoms with Gasteiger partial charge in [0.25, 0.3) is 0 Å². The number of nitrogens with one attached hydrogen (secondary N) is 1. The van der Waals surface area contributed by atoms with Crippen LogP contribution in [0.3, 0.4) is 0 Å². The van der Waals surface area contributed by atoms with Crippen molar-refractivity contribution in [1.29, 1.82) is 0 Å². The fourth-order valence-electron chi connectivity index (χ4n) is 1.51. The van der Waals surface area contributed by atoms with Crippen molar-refractivity contribution in [3.05, 3.63) is 24.0 Å². The first kappa shape index (κ1) is 8.51. The first-order valence-electron chi connectivity index (χ1n) is 4.57. The van der Waals surface area contributed by atoms with E-state index in [-0.39, 0.29) is 0 Å². The molecule has 13 heavy (non-hydrogen) atoms. The van der Waals surface area contributed by atoms with E-state index in [2.05, 4.69) is 16.4 Å². The SMILES string of the molecule is COc1cncc(CC2CNC2)c1. The number of rotatable bonds is 3. The fraction of sp³-hybridized carbons (Fsp3) is 0.500. The number of aromatic nitrogens is 1. The van der Waals surface area contributed by atoms with Gasteiger partial charge in [0.05, 0.1) is 13.3 Å². The molecule has 1 aliphatic heterocycles. The predicted octanol–water partition coefficient (Wildman–Crippen LogP) is 0.852. The first-order chi connectivity index (χ1) is 6.38. The van der Waals surface area contributed by atoms with Gasteiger partial charge >= 0.3 is 0 Å². The van der Waals surface area contributed by atoms with Crippen molar-refractivity contribution >= 4 is 0 Å². The molecule has 1 saturated heterocycles. The summed E-state index contributed by atoms with van der Waals surface area (Å²) in [5.74, 6) is 1.64. The second kappa shape index (κ2) is 3.75. The Morgan fingerprint density at radius 1 is 1.54 bits per heavy atom. The minimum absolute atomic E-state index is 0.786. The van der Waals surface area contributed by atoms with Crippen LogP contribution >= 0.6 is 0 Å². The van der Waals surface area contributed by atoms with Crippen molar-refractivity contribution in [2.24, 2.45) is 5.92 Å². The lowest BCUT2D eigenvalue weighted by Crippen LogP contribution is -2.43. The zero-order chi connectivity index (χ0) is 9.10. The van der Waals surface area contributed by atoms with Crippen molar-refractivity contribution in [2.45, 2.75) is 6.42 Å². The Morgan fingerprint density at radius 3 is 3.00 bits per heavy atom. The van der Waals surface area contributed by atoms with Gasteiger partial charge in [-0.1, -0.05) is 0 Å². The van der Waals surface area contributed by atoms with Crippen molar-refractivity contribution in [1.82, 2.24) is 10.3 Å². The molecular formula is C10H14N2O. The number of nitrogens with zero attached hydrogens (tertiary/aromatic N) is 1. The number of hydrogen-bond donors (Lipinski definition) is 1. The lowest BCUT2D eigenvalue weighted by atomic mass is 9.95. The molecule has 1 aromatic heterocycles. The highest BCUT2D eigenvalue weighted by Gasteiger charge is 2.16.